The highest BCUT2D eigenvalue weighted by molar-refractivity contribution is 5.16. The van der Waals surface area contributed by atoms with E-state index in [0.717, 1.165) is 37.3 Å². The lowest BCUT2D eigenvalue weighted by Gasteiger charge is -2.07. The summed E-state index contributed by atoms with van der Waals surface area (Å²) in [5.74, 6) is -0.181. The fraction of sp³-hybridized carbons (Fsp3) is 0.400. The van der Waals surface area contributed by atoms with Gasteiger partial charge in [0.1, 0.15) is 5.82 Å². The molecule has 1 N–H and O–H groups in total. The smallest absolute Gasteiger partial charge is 0.123 e. The van der Waals surface area contributed by atoms with Crippen molar-refractivity contribution in [1.29, 1.82) is 0 Å². The van der Waals surface area contributed by atoms with E-state index in [1.807, 2.05) is 23.7 Å². The Morgan fingerprint density at radius 1 is 1.26 bits per heavy atom. The Labute approximate surface area is 113 Å². The van der Waals surface area contributed by atoms with Crippen LogP contribution in [0.5, 0.6) is 0 Å². The minimum Gasteiger partial charge on any atom is -0.311 e. The zero-order valence-corrected chi connectivity index (χ0v) is 11.5. The van der Waals surface area contributed by atoms with Gasteiger partial charge in [0.15, 0.2) is 0 Å². The van der Waals surface area contributed by atoms with Crippen LogP contribution in [0.1, 0.15) is 23.9 Å². The van der Waals surface area contributed by atoms with E-state index in [-0.39, 0.29) is 5.82 Å². The molecule has 2 rings (SSSR count). The molecule has 3 nitrogen and oxygen atoms in total. The molecule has 2 aromatic rings. The number of hydrogen-bond donors (Lipinski definition) is 1. The monoisotopic (exact) mass is 261 g/mol. The SMILES string of the molecule is CCn1nc(C)cc1CNCCc1ccc(F)cc1. The van der Waals surface area contributed by atoms with Crippen molar-refractivity contribution in [3.63, 3.8) is 0 Å². The number of aromatic nitrogens is 2. The van der Waals surface area contributed by atoms with E-state index >= 15 is 0 Å². The largest absolute Gasteiger partial charge is 0.311 e. The predicted octanol–water partition coefficient (Wildman–Crippen LogP) is 2.68. The molecule has 1 aromatic carbocycles. The van der Waals surface area contributed by atoms with Gasteiger partial charge in [0.05, 0.1) is 11.4 Å². The first kappa shape index (κ1) is 13.7. The van der Waals surface area contributed by atoms with Crippen molar-refractivity contribution in [2.45, 2.75) is 33.4 Å². The highest BCUT2D eigenvalue weighted by Gasteiger charge is 2.03. The van der Waals surface area contributed by atoms with Crippen LogP contribution in [0.2, 0.25) is 0 Å². The molecule has 4 heteroatoms. The average molecular weight is 261 g/mol. The van der Waals surface area contributed by atoms with Crippen LogP contribution >= 0.6 is 0 Å². The van der Waals surface area contributed by atoms with Gasteiger partial charge in [-0.25, -0.2) is 4.39 Å². The molecule has 0 bridgehead atoms. The molecule has 0 aliphatic carbocycles. The van der Waals surface area contributed by atoms with Gasteiger partial charge in [-0.3, -0.25) is 4.68 Å². The molecule has 1 heterocycles. The Kier molecular flexibility index (Phi) is 4.68. The maximum absolute atomic E-state index is 12.8. The van der Waals surface area contributed by atoms with Gasteiger partial charge in [-0.15, -0.1) is 0 Å². The standard InChI is InChI=1S/C15H20FN3/c1-3-19-15(10-12(2)18-19)11-17-9-8-13-4-6-14(16)7-5-13/h4-7,10,17H,3,8-9,11H2,1-2H3. The van der Waals surface area contributed by atoms with E-state index in [1.54, 1.807) is 0 Å². The van der Waals surface area contributed by atoms with E-state index in [2.05, 4.69) is 23.4 Å². The topological polar surface area (TPSA) is 29.9 Å². The molecule has 0 amide bonds. The summed E-state index contributed by atoms with van der Waals surface area (Å²) in [5.41, 5.74) is 3.41. The van der Waals surface area contributed by atoms with Crippen LogP contribution in [0.3, 0.4) is 0 Å². The van der Waals surface area contributed by atoms with Crippen molar-refractivity contribution in [2.75, 3.05) is 6.54 Å². The number of benzene rings is 1. The lowest BCUT2D eigenvalue weighted by molar-refractivity contribution is 0.579. The zero-order chi connectivity index (χ0) is 13.7. The Morgan fingerprint density at radius 3 is 2.68 bits per heavy atom. The second-order valence-electron chi connectivity index (χ2n) is 4.65. The number of aryl methyl sites for hydroxylation is 2. The molecule has 0 radical (unpaired) electrons. The second kappa shape index (κ2) is 6.48. The van der Waals surface area contributed by atoms with Crippen LogP contribution < -0.4 is 5.32 Å². The zero-order valence-electron chi connectivity index (χ0n) is 11.5. The van der Waals surface area contributed by atoms with Crippen LogP contribution in [0.4, 0.5) is 4.39 Å². The van der Waals surface area contributed by atoms with E-state index in [4.69, 9.17) is 0 Å². The number of nitrogens with one attached hydrogen (secondary N) is 1. The van der Waals surface area contributed by atoms with Gasteiger partial charge in [-0.1, -0.05) is 12.1 Å². The van der Waals surface area contributed by atoms with Crippen molar-refractivity contribution >= 4 is 0 Å². The van der Waals surface area contributed by atoms with Crippen LogP contribution in [0.25, 0.3) is 0 Å². The summed E-state index contributed by atoms with van der Waals surface area (Å²) < 4.78 is 14.8. The Balaban J connectivity index is 1.78. The summed E-state index contributed by atoms with van der Waals surface area (Å²) in [6, 6.07) is 8.78. The van der Waals surface area contributed by atoms with Gasteiger partial charge in [0.25, 0.3) is 0 Å². The van der Waals surface area contributed by atoms with Gasteiger partial charge in [0, 0.05) is 13.1 Å². The van der Waals surface area contributed by atoms with Gasteiger partial charge < -0.3 is 5.32 Å². The predicted molar refractivity (Wildman–Crippen MR) is 74.4 cm³/mol. The molecule has 0 aliphatic heterocycles. The van der Waals surface area contributed by atoms with Gasteiger partial charge in [0.2, 0.25) is 0 Å². The van der Waals surface area contributed by atoms with Crippen molar-refractivity contribution in [1.82, 2.24) is 15.1 Å². The summed E-state index contributed by atoms with van der Waals surface area (Å²) in [6.07, 6.45) is 0.902. The summed E-state index contributed by atoms with van der Waals surface area (Å²) in [5, 5.41) is 7.81. The van der Waals surface area contributed by atoms with Crippen molar-refractivity contribution in [3.05, 3.63) is 53.1 Å². The van der Waals surface area contributed by atoms with E-state index in [0.29, 0.717) is 0 Å². The molecule has 0 spiro atoms. The molecule has 0 saturated carbocycles. The molecular formula is C15H20FN3. The summed E-state index contributed by atoms with van der Waals surface area (Å²) >= 11 is 0. The highest BCUT2D eigenvalue weighted by Crippen LogP contribution is 2.05. The second-order valence-corrected chi connectivity index (χ2v) is 4.65. The average Bonchev–Trinajstić information content (AvgIpc) is 2.77. The molecule has 1 aromatic heterocycles. The third-order valence-electron chi connectivity index (χ3n) is 3.09. The van der Waals surface area contributed by atoms with Crippen LogP contribution in [0.15, 0.2) is 30.3 Å². The van der Waals surface area contributed by atoms with E-state index in [9.17, 15) is 4.39 Å². The molecule has 19 heavy (non-hydrogen) atoms. The Morgan fingerprint density at radius 2 is 2.00 bits per heavy atom. The van der Waals surface area contributed by atoms with E-state index < -0.39 is 0 Å². The fourth-order valence-electron chi connectivity index (χ4n) is 2.12. The van der Waals surface area contributed by atoms with Crippen LogP contribution in [0, 0.1) is 12.7 Å². The van der Waals surface area contributed by atoms with Crippen LogP contribution in [-0.4, -0.2) is 16.3 Å². The van der Waals surface area contributed by atoms with Gasteiger partial charge in [-0.05, 0) is 50.6 Å². The van der Waals surface area contributed by atoms with Crippen molar-refractivity contribution in [3.8, 4) is 0 Å². The minimum absolute atomic E-state index is 0.181. The normalized spacial score (nSPS) is 10.9. The van der Waals surface area contributed by atoms with Crippen molar-refractivity contribution < 1.29 is 4.39 Å². The first-order valence-corrected chi connectivity index (χ1v) is 6.67. The third-order valence-corrected chi connectivity index (χ3v) is 3.09. The fourth-order valence-corrected chi connectivity index (χ4v) is 2.12. The van der Waals surface area contributed by atoms with Crippen LogP contribution in [-0.2, 0) is 19.5 Å². The molecule has 0 aliphatic rings. The Bertz CT molecular complexity index is 517. The van der Waals surface area contributed by atoms with Crippen molar-refractivity contribution in [2.24, 2.45) is 0 Å². The number of halogens is 1. The first-order chi connectivity index (χ1) is 9.19. The maximum atomic E-state index is 12.8. The van der Waals surface area contributed by atoms with E-state index in [1.165, 1.54) is 17.8 Å². The van der Waals surface area contributed by atoms with Gasteiger partial charge in [-0.2, -0.15) is 5.10 Å². The third kappa shape index (κ3) is 3.89. The molecule has 0 atom stereocenters. The first-order valence-electron chi connectivity index (χ1n) is 6.67. The lowest BCUT2D eigenvalue weighted by Crippen LogP contribution is -2.19. The molecule has 0 saturated heterocycles. The summed E-state index contributed by atoms with van der Waals surface area (Å²) in [4.78, 5) is 0. The number of hydrogen-bond acceptors (Lipinski definition) is 2. The maximum Gasteiger partial charge on any atom is 0.123 e. The van der Waals surface area contributed by atoms with Gasteiger partial charge >= 0.3 is 0 Å². The molecule has 0 unspecified atom stereocenters. The lowest BCUT2D eigenvalue weighted by atomic mass is 10.1. The summed E-state index contributed by atoms with van der Waals surface area (Å²) in [6.45, 7) is 6.68. The molecule has 102 valence electrons. The minimum atomic E-state index is -0.181. The quantitative estimate of drug-likeness (QED) is 0.810. The number of rotatable bonds is 6. The Hall–Kier alpha value is -1.68. The molecule has 0 fully saturated rings. The number of nitrogens with zero attached hydrogens (tertiary/aromatic N) is 2. The highest BCUT2D eigenvalue weighted by atomic mass is 19.1. The molecular weight excluding hydrogens is 241 g/mol. The summed E-state index contributed by atoms with van der Waals surface area (Å²) in [7, 11) is 0.